The quantitative estimate of drug-likeness (QED) is 0.800. The van der Waals surface area contributed by atoms with Crippen LogP contribution in [0.15, 0.2) is 0 Å². The zero-order valence-corrected chi connectivity index (χ0v) is 12.0. The Morgan fingerprint density at radius 1 is 1.21 bits per heavy atom. The maximum Gasteiger partial charge on any atom is 0.237 e. The van der Waals surface area contributed by atoms with E-state index in [0.717, 1.165) is 25.6 Å². The summed E-state index contributed by atoms with van der Waals surface area (Å²) >= 11 is 0. The molecule has 2 aliphatic heterocycles. The summed E-state index contributed by atoms with van der Waals surface area (Å²) in [5.41, 5.74) is 0. The smallest absolute Gasteiger partial charge is 0.237 e. The van der Waals surface area contributed by atoms with Gasteiger partial charge in [-0.2, -0.15) is 0 Å². The largest absolute Gasteiger partial charge is 0.352 e. The SMILES string of the molecule is CC(C(=O)NC1CC1)N1CCCC1C1CCNCC1. The van der Waals surface area contributed by atoms with E-state index < -0.39 is 0 Å². The Morgan fingerprint density at radius 3 is 2.63 bits per heavy atom. The average Bonchev–Trinajstić information content (AvgIpc) is 3.12. The molecule has 2 N–H and O–H groups in total. The standard InChI is InChI=1S/C15H27N3O/c1-11(15(19)17-13-4-5-13)18-10-2-3-14(18)12-6-8-16-9-7-12/h11-14,16H,2-10H2,1H3,(H,17,19). The van der Waals surface area contributed by atoms with E-state index in [1.54, 1.807) is 0 Å². The lowest BCUT2D eigenvalue weighted by atomic mass is 9.88. The third-order valence-corrected chi connectivity index (χ3v) is 5.07. The van der Waals surface area contributed by atoms with E-state index in [4.69, 9.17) is 0 Å². The summed E-state index contributed by atoms with van der Waals surface area (Å²) in [6, 6.07) is 1.18. The highest BCUT2D eigenvalue weighted by atomic mass is 16.2. The lowest BCUT2D eigenvalue weighted by Gasteiger charge is -2.37. The number of nitrogens with zero attached hydrogens (tertiary/aromatic N) is 1. The molecule has 108 valence electrons. The van der Waals surface area contributed by atoms with Crippen LogP contribution in [0.1, 0.15) is 45.4 Å². The van der Waals surface area contributed by atoms with Crippen LogP contribution in [0, 0.1) is 5.92 Å². The Bertz CT molecular complexity index is 323. The molecule has 3 fully saturated rings. The number of likely N-dealkylation sites (tertiary alicyclic amines) is 1. The monoisotopic (exact) mass is 265 g/mol. The Hall–Kier alpha value is -0.610. The van der Waals surface area contributed by atoms with Crippen molar-refractivity contribution in [1.82, 2.24) is 15.5 Å². The molecule has 19 heavy (non-hydrogen) atoms. The van der Waals surface area contributed by atoms with E-state index >= 15 is 0 Å². The average molecular weight is 265 g/mol. The summed E-state index contributed by atoms with van der Waals surface area (Å²) in [5, 5.41) is 6.60. The third kappa shape index (κ3) is 3.11. The molecule has 3 aliphatic rings. The van der Waals surface area contributed by atoms with Crippen LogP contribution in [0.2, 0.25) is 0 Å². The number of carbonyl (C=O) groups is 1. The highest BCUT2D eigenvalue weighted by molar-refractivity contribution is 5.82. The second-order valence-corrected chi connectivity index (χ2v) is 6.49. The van der Waals surface area contributed by atoms with E-state index in [1.165, 1.54) is 38.5 Å². The van der Waals surface area contributed by atoms with Crippen molar-refractivity contribution in [3.8, 4) is 0 Å². The molecule has 0 bridgehead atoms. The van der Waals surface area contributed by atoms with E-state index in [9.17, 15) is 4.79 Å². The topological polar surface area (TPSA) is 44.4 Å². The Labute approximate surface area is 116 Å². The van der Waals surface area contributed by atoms with E-state index in [2.05, 4.69) is 22.5 Å². The van der Waals surface area contributed by atoms with Crippen LogP contribution in [-0.4, -0.2) is 48.6 Å². The zero-order valence-electron chi connectivity index (χ0n) is 12.0. The molecule has 0 aromatic rings. The van der Waals surface area contributed by atoms with Crippen LogP contribution in [-0.2, 0) is 4.79 Å². The van der Waals surface area contributed by atoms with Gasteiger partial charge in [-0.25, -0.2) is 0 Å². The van der Waals surface area contributed by atoms with Crippen LogP contribution in [0.3, 0.4) is 0 Å². The first-order valence-electron chi connectivity index (χ1n) is 8.02. The third-order valence-electron chi connectivity index (χ3n) is 5.07. The van der Waals surface area contributed by atoms with Gasteiger partial charge in [-0.15, -0.1) is 0 Å². The Morgan fingerprint density at radius 2 is 1.95 bits per heavy atom. The Balaban J connectivity index is 1.59. The molecule has 4 nitrogen and oxygen atoms in total. The van der Waals surface area contributed by atoms with Gasteiger partial charge in [0.2, 0.25) is 5.91 Å². The molecule has 2 heterocycles. The second kappa shape index (κ2) is 5.80. The summed E-state index contributed by atoms with van der Waals surface area (Å²) in [4.78, 5) is 14.7. The molecule has 0 aromatic heterocycles. The number of piperidine rings is 1. The number of rotatable bonds is 4. The Kier molecular flexibility index (Phi) is 4.08. The maximum absolute atomic E-state index is 12.2. The van der Waals surface area contributed by atoms with Gasteiger partial charge >= 0.3 is 0 Å². The van der Waals surface area contributed by atoms with Gasteiger partial charge in [0, 0.05) is 12.1 Å². The van der Waals surface area contributed by atoms with Crippen LogP contribution >= 0.6 is 0 Å². The normalized spacial score (nSPS) is 31.3. The van der Waals surface area contributed by atoms with Gasteiger partial charge in [-0.3, -0.25) is 9.69 Å². The fourth-order valence-corrected chi connectivity index (χ4v) is 3.73. The van der Waals surface area contributed by atoms with E-state index in [-0.39, 0.29) is 11.9 Å². The summed E-state index contributed by atoms with van der Waals surface area (Å²) in [7, 11) is 0. The van der Waals surface area contributed by atoms with Crippen LogP contribution in [0.25, 0.3) is 0 Å². The van der Waals surface area contributed by atoms with Crippen LogP contribution in [0.5, 0.6) is 0 Å². The predicted molar refractivity (Wildman–Crippen MR) is 75.9 cm³/mol. The van der Waals surface area contributed by atoms with E-state index in [0.29, 0.717) is 12.1 Å². The second-order valence-electron chi connectivity index (χ2n) is 6.49. The number of carbonyl (C=O) groups excluding carboxylic acids is 1. The van der Waals surface area contributed by atoms with Gasteiger partial charge in [0.05, 0.1) is 6.04 Å². The minimum atomic E-state index is 0.0583. The number of nitrogens with one attached hydrogen (secondary N) is 2. The van der Waals surface area contributed by atoms with Crippen molar-refractivity contribution in [1.29, 1.82) is 0 Å². The molecular formula is C15H27N3O. The molecular weight excluding hydrogens is 238 g/mol. The molecule has 3 rings (SSSR count). The van der Waals surface area contributed by atoms with Gasteiger partial charge in [0.25, 0.3) is 0 Å². The first kappa shape index (κ1) is 13.4. The molecule has 2 atom stereocenters. The molecule has 0 radical (unpaired) electrons. The van der Waals surface area contributed by atoms with Gasteiger partial charge in [0.1, 0.15) is 0 Å². The van der Waals surface area contributed by atoms with Crippen molar-refractivity contribution >= 4 is 5.91 Å². The number of hydrogen-bond donors (Lipinski definition) is 2. The van der Waals surface area contributed by atoms with Gasteiger partial charge in [-0.05, 0) is 71.0 Å². The van der Waals surface area contributed by atoms with Crippen molar-refractivity contribution < 1.29 is 4.79 Å². The molecule has 1 amide bonds. The van der Waals surface area contributed by atoms with Gasteiger partial charge < -0.3 is 10.6 Å². The molecule has 2 saturated heterocycles. The first-order chi connectivity index (χ1) is 9.25. The lowest BCUT2D eigenvalue weighted by Crippen LogP contribution is -2.50. The molecule has 1 aliphatic carbocycles. The van der Waals surface area contributed by atoms with Gasteiger partial charge in [0.15, 0.2) is 0 Å². The van der Waals surface area contributed by atoms with Crippen molar-refractivity contribution in [2.45, 2.75) is 63.6 Å². The lowest BCUT2D eigenvalue weighted by molar-refractivity contribution is -0.126. The number of hydrogen-bond acceptors (Lipinski definition) is 3. The zero-order chi connectivity index (χ0) is 13.2. The van der Waals surface area contributed by atoms with Crippen molar-refractivity contribution in [2.75, 3.05) is 19.6 Å². The van der Waals surface area contributed by atoms with Crippen molar-refractivity contribution in [3.05, 3.63) is 0 Å². The van der Waals surface area contributed by atoms with Crippen molar-refractivity contribution in [2.24, 2.45) is 5.92 Å². The van der Waals surface area contributed by atoms with Gasteiger partial charge in [-0.1, -0.05) is 0 Å². The minimum Gasteiger partial charge on any atom is -0.352 e. The first-order valence-corrected chi connectivity index (χ1v) is 8.02. The summed E-state index contributed by atoms with van der Waals surface area (Å²) in [5.74, 6) is 1.04. The minimum absolute atomic E-state index is 0.0583. The summed E-state index contributed by atoms with van der Waals surface area (Å²) in [6.45, 7) is 5.50. The summed E-state index contributed by atoms with van der Waals surface area (Å²) in [6.07, 6.45) is 7.45. The summed E-state index contributed by atoms with van der Waals surface area (Å²) < 4.78 is 0. The molecule has 0 spiro atoms. The predicted octanol–water partition coefficient (Wildman–Crippen LogP) is 1.12. The number of amides is 1. The van der Waals surface area contributed by atoms with Crippen LogP contribution in [0.4, 0.5) is 0 Å². The van der Waals surface area contributed by atoms with E-state index in [1.807, 2.05) is 0 Å². The van der Waals surface area contributed by atoms with Crippen molar-refractivity contribution in [3.63, 3.8) is 0 Å². The maximum atomic E-state index is 12.2. The highest BCUT2D eigenvalue weighted by Crippen LogP contribution is 2.31. The van der Waals surface area contributed by atoms with Crippen LogP contribution < -0.4 is 10.6 Å². The highest BCUT2D eigenvalue weighted by Gasteiger charge is 2.37. The fourth-order valence-electron chi connectivity index (χ4n) is 3.73. The fraction of sp³-hybridized carbons (Fsp3) is 0.933. The molecule has 4 heteroatoms. The molecule has 1 saturated carbocycles. The molecule has 0 aromatic carbocycles. The molecule has 2 unspecified atom stereocenters.